The zero-order valence-corrected chi connectivity index (χ0v) is 21.8. The van der Waals surface area contributed by atoms with Crippen LogP contribution < -0.4 is 14.9 Å². The SMILES string of the molecule is C[C@@H]1OC(Oc2cc(O)c3c(=O)c(OC4O[C@H](C)[C@@H](O)[C@H](O)[C@@H]4O)c(-c4ccc(O)cc4)oc3c2)[C@H](O)[C@H](O)[C@H]1O. The van der Waals surface area contributed by atoms with Crippen LogP contribution in [0.25, 0.3) is 22.3 Å². The topological polar surface area (TPSA) is 229 Å². The number of phenols is 2. The van der Waals surface area contributed by atoms with Crippen molar-refractivity contribution in [2.45, 2.75) is 75.3 Å². The quantitative estimate of drug-likeness (QED) is 0.187. The van der Waals surface area contributed by atoms with Crippen molar-refractivity contribution >= 4 is 11.0 Å². The molecule has 0 spiro atoms. The van der Waals surface area contributed by atoms with Gasteiger partial charge in [0.2, 0.25) is 23.8 Å². The maximum Gasteiger partial charge on any atom is 0.239 e. The molecule has 3 heterocycles. The Balaban J connectivity index is 1.58. The van der Waals surface area contributed by atoms with Crippen LogP contribution in [0.5, 0.6) is 23.0 Å². The molecule has 0 radical (unpaired) electrons. The van der Waals surface area contributed by atoms with Crippen LogP contribution >= 0.6 is 0 Å². The van der Waals surface area contributed by atoms with E-state index in [0.717, 1.165) is 6.07 Å². The number of fused-ring (bicyclic) bond motifs is 1. The largest absolute Gasteiger partial charge is 0.508 e. The Morgan fingerprint density at radius 2 is 1.24 bits per heavy atom. The van der Waals surface area contributed by atoms with Crippen LogP contribution in [0.15, 0.2) is 45.6 Å². The van der Waals surface area contributed by atoms with Crippen molar-refractivity contribution in [3.05, 3.63) is 46.6 Å². The zero-order valence-electron chi connectivity index (χ0n) is 21.8. The van der Waals surface area contributed by atoms with E-state index in [-0.39, 0.29) is 33.8 Å². The van der Waals surface area contributed by atoms with Crippen LogP contribution in [0.4, 0.5) is 0 Å². The minimum Gasteiger partial charge on any atom is -0.508 e. The molecule has 2 aliphatic rings. The average molecular weight is 579 g/mol. The number of hydrogen-bond acceptors (Lipinski definition) is 14. The van der Waals surface area contributed by atoms with Crippen molar-refractivity contribution in [2.75, 3.05) is 0 Å². The number of benzene rings is 2. The Hall–Kier alpha value is -3.47. The van der Waals surface area contributed by atoms with Crippen molar-refractivity contribution in [1.82, 2.24) is 0 Å². The van der Waals surface area contributed by atoms with Crippen LogP contribution in [0.2, 0.25) is 0 Å². The number of ether oxygens (including phenoxy) is 4. The molecule has 1 aromatic heterocycles. The minimum atomic E-state index is -1.76. The lowest BCUT2D eigenvalue weighted by Crippen LogP contribution is -2.58. The molecule has 0 amide bonds. The molecule has 2 aromatic carbocycles. The van der Waals surface area contributed by atoms with Gasteiger partial charge < -0.3 is 64.2 Å². The first-order valence-corrected chi connectivity index (χ1v) is 12.7. The molecular formula is C27H30O14. The second-order valence-electron chi connectivity index (χ2n) is 10.1. The number of aliphatic hydroxyl groups is 6. The third-order valence-corrected chi connectivity index (χ3v) is 7.14. The van der Waals surface area contributed by atoms with Crippen molar-refractivity contribution < 1.29 is 64.2 Å². The Morgan fingerprint density at radius 3 is 1.80 bits per heavy atom. The molecular weight excluding hydrogens is 548 g/mol. The molecule has 2 fully saturated rings. The number of aromatic hydroxyl groups is 2. The molecule has 222 valence electrons. The van der Waals surface area contributed by atoms with E-state index < -0.39 is 78.3 Å². The third-order valence-electron chi connectivity index (χ3n) is 7.14. The molecule has 5 rings (SSSR count). The summed E-state index contributed by atoms with van der Waals surface area (Å²) < 4.78 is 28.2. The van der Waals surface area contributed by atoms with E-state index in [2.05, 4.69) is 0 Å². The third kappa shape index (κ3) is 5.31. The fraction of sp³-hybridized carbons (Fsp3) is 0.444. The molecule has 0 aliphatic carbocycles. The summed E-state index contributed by atoms with van der Waals surface area (Å²) in [5.41, 5.74) is -0.865. The Bertz CT molecular complexity index is 1460. The Kier molecular flexibility index (Phi) is 7.84. The lowest BCUT2D eigenvalue weighted by atomic mass is 10.00. The van der Waals surface area contributed by atoms with Gasteiger partial charge in [-0.05, 0) is 38.1 Å². The normalized spacial score (nSPS) is 34.0. The monoisotopic (exact) mass is 578 g/mol. The van der Waals surface area contributed by atoms with Crippen LogP contribution in [0.3, 0.4) is 0 Å². The molecule has 10 atom stereocenters. The van der Waals surface area contributed by atoms with Gasteiger partial charge in [-0.25, -0.2) is 0 Å². The van der Waals surface area contributed by atoms with Crippen molar-refractivity contribution in [3.63, 3.8) is 0 Å². The highest BCUT2D eigenvalue weighted by atomic mass is 16.7. The van der Waals surface area contributed by atoms with Crippen molar-refractivity contribution in [3.8, 4) is 34.3 Å². The number of phenolic OH excluding ortho intramolecular Hbond substituents is 2. The van der Waals surface area contributed by atoms with Gasteiger partial charge in [-0.3, -0.25) is 4.79 Å². The van der Waals surface area contributed by atoms with E-state index in [0.29, 0.717) is 0 Å². The van der Waals surface area contributed by atoms with E-state index in [1.807, 2.05) is 0 Å². The molecule has 8 N–H and O–H groups in total. The van der Waals surface area contributed by atoms with Gasteiger partial charge in [-0.15, -0.1) is 0 Å². The summed E-state index contributed by atoms with van der Waals surface area (Å²) >= 11 is 0. The van der Waals surface area contributed by atoms with Crippen LogP contribution in [0, 0.1) is 0 Å². The maximum atomic E-state index is 13.7. The molecule has 0 bridgehead atoms. The predicted octanol–water partition coefficient (Wildman–Crippen LogP) is -0.716. The fourth-order valence-electron chi connectivity index (χ4n) is 4.71. The summed E-state index contributed by atoms with van der Waals surface area (Å²) in [6.45, 7) is 2.90. The fourth-order valence-corrected chi connectivity index (χ4v) is 4.71. The van der Waals surface area contributed by atoms with Gasteiger partial charge in [0.25, 0.3) is 0 Å². The van der Waals surface area contributed by atoms with Gasteiger partial charge >= 0.3 is 0 Å². The van der Waals surface area contributed by atoms with Gasteiger partial charge in [0.1, 0.15) is 64.8 Å². The lowest BCUT2D eigenvalue weighted by molar-refractivity contribution is -0.268. The van der Waals surface area contributed by atoms with Crippen molar-refractivity contribution in [1.29, 1.82) is 0 Å². The standard InChI is InChI=1S/C27H30O14/c1-9-17(30)20(33)22(35)26(37-9)39-13-7-14(29)16-15(8-13)40-24(11-3-5-12(28)6-4-11)25(19(16)32)41-27-23(36)21(34)18(31)10(2)38-27/h3-10,17-18,20-23,26-31,33-36H,1-2H3/t9-,10+,17-,18+,20+,21-,22+,23-,26?,27?/m0/s1. The molecule has 41 heavy (non-hydrogen) atoms. The molecule has 2 aliphatic heterocycles. The Labute approximate surface area is 231 Å². The molecule has 3 aromatic rings. The highest BCUT2D eigenvalue weighted by Crippen LogP contribution is 2.38. The first-order chi connectivity index (χ1) is 19.4. The predicted molar refractivity (Wildman–Crippen MR) is 137 cm³/mol. The van der Waals surface area contributed by atoms with Crippen LogP contribution in [-0.4, -0.2) is 102 Å². The molecule has 0 saturated carbocycles. The van der Waals surface area contributed by atoms with E-state index in [4.69, 9.17) is 23.4 Å². The summed E-state index contributed by atoms with van der Waals surface area (Å²) in [5, 5.41) is 81.1. The van der Waals surface area contributed by atoms with Gasteiger partial charge in [0.15, 0.2) is 5.76 Å². The van der Waals surface area contributed by atoms with E-state index >= 15 is 0 Å². The smallest absolute Gasteiger partial charge is 0.239 e. The molecule has 14 nitrogen and oxygen atoms in total. The number of hydrogen-bond donors (Lipinski definition) is 8. The van der Waals surface area contributed by atoms with E-state index in [9.17, 15) is 45.6 Å². The second kappa shape index (κ2) is 11.1. The average Bonchev–Trinajstić information content (AvgIpc) is 2.93. The lowest BCUT2D eigenvalue weighted by Gasteiger charge is -2.39. The van der Waals surface area contributed by atoms with Gasteiger partial charge in [0, 0.05) is 17.7 Å². The molecule has 2 unspecified atom stereocenters. The first-order valence-electron chi connectivity index (χ1n) is 12.7. The number of rotatable bonds is 5. The maximum absolute atomic E-state index is 13.7. The van der Waals surface area contributed by atoms with Crippen LogP contribution in [-0.2, 0) is 9.47 Å². The minimum absolute atomic E-state index is 0.0859. The molecule has 2 saturated heterocycles. The summed E-state index contributed by atoms with van der Waals surface area (Å²) in [7, 11) is 0. The van der Waals surface area contributed by atoms with Gasteiger partial charge in [-0.2, -0.15) is 0 Å². The van der Waals surface area contributed by atoms with E-state index in [1.165, 1.54) is 44.2 Å². The Morgan fingerprint density at radius 1 is 0.707 bits per heavy atom. The highest BCUT2D eigenvalue weighted by Gasteiger charge is 2.45. The molecule has 14 heteroatoms. The highest BCUT2D eigenvalue weighted by molar-refractivity contribution is 5.88. The summed E-state index contributed by atoms with van der Waals surface area (Å²) in [4.78, 5) is 13.7. The van der Waals surface area contributed by atoms with Crippen molar-refractivity contribution in [2.24, 2.45) is 0 Å². The van der Waals surface area contributed by atoms with Gasteiger partial charge in [-0.1, -0.05) is 0 Å². The summed E-state index contributed by atoms with van der Waals surface area (Å²) in [6, 6.07) is 7.71. The van der Waals surface area contributed by atoms with Crippen LogP contribution in [0.1, 0.15) is 13.8 Å². The van der Waals surface area contributed by atoms with E-state index in [1.54, 1.807) is 0 Å². The van der Waals surface area contributed by atoms with Gasteiger partial charge in [0.05, 0.1) is 12.2 Å². The second-order valence-corrected chi connectivity index (χ2v) is 10.1. The zero-order chi connectivity index (χ0) is 29.7. The summed E-state index contributed by atoms with van der Waals surface area (Å²) in [5.74, 6) is -1.55. The first kappa shape index (κ1) is 29.0. The number of aliphatic hydroxyl groups excluding tert-OH is 6. The summed E-state index contributed by atoms with van der Waals surface area (Å²) in [6.07, 6.45) is -14.3.